The highest BCUT2D eigenvalue weighted by molar-refractivity contribution is 5.69. The van der Waals surface area contributed by atoms with Gasteiger partial charge in [0.15, 0.2) is 0 Å². The Morgan fingerprint density at radius 1 is 1.17 bits per heavy atom. The zero-order chi connectivity index (χ0) is 25.2. The van der Waals surface area contributed by atoms with Crippen LogP contribution < -0.4 is 16.0 Å². The van der Waals surface area contributed by atoms with Crippen molar-refractivity contribution in [2.45, 2.75) is 52.2 Å². The zero-order valence-corrected chi connectivity index (χ0v) is 21.2. The molecule has 0 aromatic carbocycles. The second kappa shape index (κ2) is 9.80. The van der Waals surface area contributed by atoms with Gasteiger partial charge in [0.1, 0.15) is 11.4 Å². The average Bonchev–Trinajstić information content (AvgIpc) is 3.24. The smallest absolute Gasteiger partial charge is 0.410 e. The Morgan fingerprint density at radius 2 is 1.86 bits per heavy atom. The van der Waals surface area contributed by atoms with Gasteiger partial charge in [0.2, 0.25) is 11.9 Å². The number of morpholine rings is 1. The fourth-order valence-electron chi connectivity index (χ4n) is 4.31. The lowest BCUT2D eigenvalue weighted by atomic mass is 9.85. The first-order valence-corrected chi connectivity index (χ1v) is 12.1. The van der Waals surface area contributed by atoms with Crippen molar-refractivity contribution in [1.82, 2.24) is 24.8 Å². The van der Waals surface area contributed by atoms with Gasteiger partial charge in [-0.15, -0.1) is 0 Å². The number of nitrogen functional groups attached to an aromatic ring is 1. The summed E-state index contributed by atoms with van der Waals surface area (Å²) in [6.07, 6.45) is 3.81. The third-order valence-corrected chi connectivity index (χ3v) is 6.41. The van der Waals surface area contributed by atoms with Crippen molar-refractivity contribution in [3.63, 3.8) is 0 Å². The van der Waals surface area contributed by atoms with Crippen LogP contribution in [0.1, 0.15) is 41.0 Å². The van der Waals surface area contributed by atoms with Crippen LogP contribution in [0.3, 0.4) is 0 Å². The molecule has 0 radical (unpaired) electrons. The summed E-state index contributed by atoms with van der Waals surface area (Å²) in [5.74, 6) is 1.75. The maximum absolute atomic E-state index is 12.8. The number of carbonyl (C=O) groups excluding carboxylic acids is 1. The number of likely N-dealkylation sites (tertiary alicyclic amines) is 1. The third kappa shape index (κ3) is 5.90. The van der Waals surface area contributed by atoms with Gasteiger partial charge in [0.25, 0.3) is 0 Å². The van der Waals surface area contributed by atoms with Gasteiger partial charge in [-0.05, 0) is 33.1 Å². The second-order valence-corrected chi connectivity index (χ2v) is 10.5. The van der Waals surface area contributed by atoms with Crippen LogP contribution in [0.4, 0.5) is 22.5 Å². The molecule has 0 spiro atoms. The molecule has 2 aliphatic heterocycles. The van der Waals surface area contributed by atoms with Crippen molar-refractivity contribution >= 4 is 23.8 Å². The summed E-state index contributed by atoms with van der Waals surface area (Å²) < 4.78 is 11.1. The van der Waals surface area contributed by atoms with Crippen molar-refractivity contribution < 1.29 is 14.3 Å². The van der Waals surface area contributed by atoms with E-state index in [9.17, 15) is 4.79 Å². The standard InChI is InChI=1S/C24H36N8O3/c1-16(2)24(6-7-32(15-24)22(33)35-23(3,4)5)30-19-12-18(17-13-26-20(25)27-14-17)28-21(29-19)31-8-10-34-11-9-31/h12-14,16H,6-11,15H2,1-5H3,(H2,25,26,27)(H,28,29,30)/t24-/m0/s1. The Bertz CT molecular complexity index is 1030. The number of hydrogen-bond acceptors (Lipinski definition) is 10. The summed E-state index contributed by atoms with van der Waals surface area (Å²) >= 11 is 0. The highest BCUT2D eigenvalue weighted by atomic mass is 16.6. The van der Waals surface area contributed by atoms with Crippen molar-refractivity contribution in [1.29, 1.82) is 0 Å². The zero-order valence-electron chi connectivity index (χ0n) is 21.2. The summed E-state index contributed by atoms with van der Waals surface area (Å²) in [7, 11) is 0. The first kappa shape index (κ1) is 24.9. The van der Waals surface area contributed by atoms with Crippen molar-refractivity contribution in [2.24, 2.45) is 5.92 Å². The highest BCUT2D eigenvalue weighted by Crippen LogP contribution is 2.34. The van der Waals surface area contributed by atoms with Crippen LogP contribution in [0.25, 0.3) is 11.3 Å². The molecule has 0 unspecified atom stereocenters. The quantitative estimate of drug-likeness (QED) is 0.653. The molecule has 3 N–H and O–H groups in total. The van der Waals surface area contributed by atoms with Crippen LogP contribution in [-0.2, 0) is 9.47 Å². The largest absolute Gasteiger partial charge is 0.444 e. The minimum Gasteiger partial charge on any atom is -0.444 e. The van der Waals surface area contributed by atoms with E-state index in [1.165, 1.54) is 0 Å². The molecule has 2 fully saturated rings. The van der Waals surface area contributed by atoms with Gasteiger partial charge >= 0.3 is 6.09 Å². The maximum atomic E-state index is 12.8. The maximum Gasteiger partial charge on any atom is 0.410 e. The Balaban J connectivity index is 1.64. The van der Waals surface area contributed by atoms with E-state index in [-0.39, 0.29) is 23.5 Å². The molecule has 4 heterocycles. The van der Waals surface area contributed by atoms with Crippen LogP contribution in [0.5, 0.6) is 0 Å². The monoisotopic (exact) mass is 484 g/mol. The molecule has 4 rings (SSSR count). The van der Waals surface area contributed by atoms with Gasteiger partial charge in [-0.2, -0.15) is 4.98 Å². The number of carbonyl (C=O) groups is 1. The van der Waals surface area contributed by atoms with Gasteiger partial charge < -0.3 is 30.3 Å². The second-order valence-electron chi connectivity index (χ2n) is 10.5. The number of amides is 1. The molecule has 0 aliphatic carbocycles. The van der Waals surface area contributed by atoms with E-state index in [0.29, 0.717) is 56.9 Å². The van der Waals surface area contributed by atoms with Gasteiger partial charge in [-0.25, -0.2) is 19.7 Å². The summed E-state index contributed by atoms with van der Waals surface area (Å²) in [5.41, 5.74) is 6.24. The summed E-state index contributed by atoms with van der Waals surface area (Å²) in [6, 6.07) is 1.90. The molecule has 2 aliphatic rings. The number of aromatic nitrogens is 4. The molecule has 35 heavy (non-hydrogen) atoms. The first-order valence-electron chi connectivity index (χ1n) is 12.1. The predicted octanol–water partition coefficient (Wildman–Crippen LogP) is 2.80. The lowest BCUT2D eigenvalue weighted by Gasteiger charge is -2.36. The molecule has 0 saturated carbocycles. The fourth-order valence-corrected chi connectivity index (χ4v) is 4.31. The number of nitrogens with zero attached hydrogens (tertiary/aromatic N) is 6. The molecule has 1 amide bonds. The summed E-state index contributed by atoms with van der Waals surface area (Å²) in [6.45, 7) is 13.8. The number of ether oxygens (including phenoxy) is 2. The Labute approximate surface area is 206 Å². The van der Waals surface area contributed by atoms with Crippen LogP contribution in [0.2, 0.25) is 0 Å². The van der Waals surface area contributed by atoms with E-state index in [1.54, 1.807) is 17.3 Å². The van der Waals surface area contributed by atoms with Gasteiger partial charge in [-0.1, -0.05) is 13.8 Å². The predicted molar refractivity (Wildman–Crippen MR) is 134 cm³/mol. The van der Waals surface area contributed by atoms with E-state index in [1.807, 2.05) is 26.8 Å². The molecular weight excluding hydrogens is 448 g/mol. The number of rotatable bonds is 5. The SMILES string of the molecule is CC(C)[C@]1(Nc2cc(-c3cnc(N)nc3)nc(N3CCOCC3)n2)CCN(C(=O)OC(C)(C)C)C1. The third-order valence-electron chi connectivity index (χ3n) is 6.41. The van der Waals surface area contributed by atoms with Crippen LogP contribution in [0.15, 0.2) is 18.5 Å². The normalized spacial score (nSPS) is 20.9. The molecule has 2 aromatic rings. The number of nitrogens with two attached hydrogens (primary N) is 1. The topological polar surface area (TPSA) is 132 Å². The Kier molecular flexibility index (Phi) is 6.98. The summed E-state index contributed by atoms with van der Waals surface area (Å²) in [4.78, 5) is 34.6. The molecule has 2 saturated heterocycles. The Morgan fingerprint density at radius 3 is 2.49 bits per heavy atom. The molecular formula is C24H36N8O3. The van der Waals surface area contributed by atoms with E-state index < -0.39 is 5.60 Å². The van der Waals surface area contributed by atoms with Gasteiger partial charge in [-0.3, -0.25) is 0 Å². The number of anilines is 3. The van der Waals surface area contributed by atoms with E-state index in [2.05, 4.69) is 34.0 Å². The van der Waals surface area contributed by atoms with E-state index >= 15 is 0 Å². The molecule has 190 valence electrons. The van der Waals surface area contributed by atoms with Gasteiger partial charge in [0.05, 0.1) is 24.4 Å². The van der Waals surface area contributed by atoms with E-state index in [4.69, 9.17) is 25.2 Å². The van der Waals surface area contributed by atoms with Crippen LogP contribution in [-0.4, -0.2) is 81.5 Å². The minimum absolute atomic E-state index is 0.210. The van der Waals surface area contributed by atoms with Gasteiger partial charge in [0, 0.05) is 50.2 Å². The summed E-state index contributed by atoms with van der Waals surface area (Å²) in [5, 5.41) is 3.68. The average molecular weight is 485 g/mol. The van der Waals surface area contributed by atoms with Crippen molar-refractivity contribution in [2.75, 3.05) is 55.3 Å². The highest BCUT2D eigenvalue weighted by Gasteiger charge is 2.44. The number of hydrogen-bond donors (Lipinski definition) is 2. The van der Waals surface area contributed by atoms with Crippen molar-refractivity contribution in [3.8, 4) is 11.3 Å². The van der Waals surface area contributed by atoms with Crippen molar-refractivity contribution in [3.05, 3.63) is 18.5 Å². The molecule has 1 atom stereocenters. The fraction of sp³-hybridized carbons (Fsp3) is 0.625. The molecule has 11 nitrogen and oxygen atoms in total. The van der Waals surface area contributed by atoms with Crippen LogP contribution in [0, 0.1) is 5.92 Å². The molecule has 0 bridgehead atoms. The van der Waals surface area contributed by atoms with Crippen LogP contribution >= 0.6 is 0 Å². The lowest BCUT2D eigenvalue weighted by molar-refractivity contribution is 0.0282. The van der Waals surface area contributed by atoms with E-state index in [0.717, 1.165) is 12.0 Å². The molecule has 11 heteroatoms. The lowest BCUT2D eigenvalue weighted by Crippen LogP contribution is -2.47. The number of nitrogens with one attached hydrogen (secondary N) is 1. The minimum atomic E-state index is -0.538. The first-order chi connectivity index (χ1) is 16.5. The Hall–Kier alpha value is -3.21. The molecule has 2 aromatic heterocycles.